The van der Waals surface area contributed by atoms with Crippen molar-refractivity contribution >= 4 is 23.6 Å². The van der Waals surface area contributed by atoms with E-state index in [4.69, 9.17) is 0 Å². The summed E-state index contributed by atoms with van der Waals surface area (Å²) >= 11 is 1.58. The summed E-state index contributed by atoms with van der Waals surface area (Å²) in [6, 6.07) is 8.31. The molecule has 4 nitrogen and oxygen atoms in total. The van der Waals surface area contributed by atoms with Gasteiger partial charge < -0.3 is 10.2 Å². The maximum Gasteiger partial charge on any atom is 0.239 e. The third kappa shape index (κ3) is 6.67. The van der Waals surface area contributed by atoms with Gasteiger partial charge in [0.05, 0.1) is 12.3 Å². The van der Waals surface area contributed by atoms with Gasteiger partial charge in [0.25, 0.3) is 0 Å². The normalized spacial score (nSPS) is 10.2. The van der Waals surface area contributed by atoms with E-state index in [1.807, 2.05) is 13.8 Å². The smallest absolute Gasteiger partial charge is 0.239 e. The van der Waals surface area contributed by atoms with Crippen LogP contribution in [0.2, 0.25) is 0 Å². The second-order valence-electron chi connectivity index (χ2n) is 4.84. The largest absolute Gasteiger partial charge is 0.355 e. The zero-order valence-electron chi connectivity index (χ0n) is 13.0. The summed E-state index contributed by atoms with van der Waals surface area (Å²) in [7, 11) is 0. The van der Waals surface area contributed by atoms with Gasteiger partial charge in [-0.1, -0.05) is 29.8 Å². The minimum Gasteiger partial charge on any atom is -0.355 e. The Hall–Kier alpha value is -1.49. The number of rotatable bonds is 8. The maximum atomic E-state index is 12.1. The van der Waals surface area contributed by atoms with Crippen LogP contribution in [0.3, 0.4) is 0 Å². The highest BCUT2D eigenvalue weighted by atomic mass is 32.2. The van der Waals surface area contributed by atoms with Gasteiger partial charge in [0.1, 0.15) is 0 Å². The van der Waals surface area contributed by atoms with E-state index in [-0.39, 0.29) is 18.4 Å². The Morgan fingerprint density at radius 3 is 2.43 bits per heavy atom. The molecule has 0 atom stereocenters. The number of thioether (sulfide) groups is 1. The van der Waals surface area contributed by atoms with Crippen LogP contribution >= 0.6 is 11.8 Å². The molecule has 5 heteroatoms. The number of nitrogens with one attached hydrogen (secondary N) is 1. The van der Waals surface area contributed by atoms with Crippen molar-refractivity contribution in [2.75, 3.05) is 25.4 Å². The fourth-order valence-corrected chi connectivity index (χ4v) is 2.72. The Bertz CT molecular complexity index is 460. The predicted molar refractivity (Wildman–Crippen MR) is 88.3 cm³/mol. The van der Waals surface area contributed by atoms with Crippen molar-refractivity contribution in [1.29, 1.82) is 0 Å². The van der Waals surface area contributed by atoms with Gasteiger partial charge in [-0.2, -0.15) is 0 Å². The van der Waals surface area contributed by atoms with Crippen molar-refractivity contribution in [3.05, 3.63) is 35.4 Å². The van der Waals surface area contributed by atoms with E-state index in [1.54, 1.807) is 16.7 Å². The minimum atomic E-state index is -0.101. The molecule has 0 aliphatic carbocycles. The van der Waals surface area contributed by atoms with Gasteiger partial charge in [0.2, 0.25) is 11.8 Å². The van der Waals surface area contributed by atoms with Gasteiger partial charge in [-0.15, -0.1) is 11.8 Å². The molecule has 0 aromatic heterocycles. The molecule has 0 unspecified atom stereocenters. The first kappa shape index (κ1) is 17.6. The number of carbonyl (C=O) groups excluding carboxylic acids is 2. The van der Waals surface area contributed by atoms with Crippen molar-refractivity contribution in [2.45, 2.75) is 26.5 Å². The van der Waals surface area contributed by atoms with E-state index < -0.39 is 0 Å². The van der Waals surface area contributed by atoms with Gasteiger partial charge in [0, 0.05) is 18.8 Å². The van der Waals surface area contributed by atoms with Crippen LogP contribution in [0.25, 0.3) is 0 Å². The summed E-state index contributed by atoms with van der Waals surface area (Å²) in [5, 5.41) is 2.71. The fourth-order valence-electron chi connectivity index (χ4n) is 1.83. The summed E-state index contributed by atoms with van der Waals surface area (Å²) in [6.07, 6.45) is 0. The summed E-state index contributed by atoms with van der Waals surface area (Å²) in [5.74, 6) is 1.13. The summed E-state index contributed by atoms with van der Waals surface area (Å²) in [6.45, 7) is 7.11. The number of hydrogen-bond acceptors (Lipinski definition) is 3. The lowest BCUT2D eigenvalue weighted by Gasteiger charge is -2.20. The Balaban J connectivity index is 2.36. The van der Waals surface area contributed by atoms with Gasteiger partial charge in [-0.05, 0) is 26.3 Å². The van der Waals surface area contributed by atoms with Crippen LogP contribution in [-0.4, -0.2) is 42.1 Å². The molecule has 0 aliphatic rings. The molecule has 0 aliphatic heterocycles. The van der Waals surface area contributed by atoms with Gasteiger partial charge >= 0.3 is 0 Å². The molecular weight excluding hydrogens is 284 g/mol. The van der Waals surface area contributed by atoms with Crippen LogP contribution in [-0.2, 0) is 15.3 Å². The third-order valence-corrected chi connectivity index (χ3v) is 4.05. The minimum absolute atomic E-state index is 0.0147. The Kier molecular flexibility index (Phi) is 7.90. The van der Waals surface area contributed by atoms with Crippen molar-refractivity contribution < 1.29 is 9.59 Å². The molecule has 1 rings (SSSR count). The van der Waals surface area contributed by atoms with Gasteiger partial charge in [-0.25, -0.2) is 0 Å². The van der Waals surface area contributed by atoms with E-state index in [2.05, 4.69) is 36.5 Å². The van der Waals surface area contributed by atoms with Gasteiger partial charge in [0.15, 0.2) is 0 Å². The average Bonchev–Trinajstić information content (AvgIpc) is 2.47. The van der Waals surface area contributed by atoms with Crippen LogP contribution < -0.4 is 5.32 Å². The van der Waals surface area contributed by atoms with Crippen molar-refractivity contribution in [2.24, 2.45) is 0 Å². The van der Waals surface area contributed by atoms with Crippen molar-refractivity contribution in [3.63, 3.8) is 0 Å². The molecule has 2 amide bonds. The lowest BCUT2D eigenvalue weighted by molar-refractivity contribution is -0.133. The van der Waals surface area contributed by atoms with Crippen LogP contribution in [0.15, 0.2) is 24.3 Å². The summed E-state index contributed by atoms with van der Waals surface area (Å²) in [5.41, 5.74) is 2.45. The van der Waals surface area contributed by atoms with E-state index in [0.29, 0.717) is 18.8 Å². The number of likely N-dealkylation sites (N-methyl/N-ethyl adjacent to an activating group) is 2. The SMILES string of the molecule is CCNC(=O)CN(CC)C(=O)CSCc1ccc(C)cc1. The summed E-state index contributed by atoms with van der Waals surface area (Å²) in [4.78, 5) is 25.2. The van der Waals surface area contributed by atoms with E-state index in [1.165, 1.54) is 11.1 Å². The molecule has 0 fully saturated rings. The highest BCUT2D eigenvalue weighted by Crippen LogP contribution is 2.13. The first-order valence-corrected chi connectivity index (χ1v) is 8.40. The zero-order chi connectivity index (χ0) is 15.7. The zero-order valence-corrected chi connectivity index (χ0v) is 13.8. The first-order valence-electron chi connectivity index (χ1n) is 7.24. The average molecular weight is 308 g/mol. The second kappa shape index (κ2) is 9.45. The number of carbonyl (C=O) groups is 2. The van der Waals surface area contributed by atoms with E-state index >= 15 is 0 Å². The standard InChI is InChI=1S/C16H24N2O2S/c1-4-17-15(19)10-18(5-2)16(20)12-21-11-14-8-6-13(3)7-9-14/h6-9H,4-5,10-12H2,1-3H3,(H,17,19). The molecule has 21 heavy (non-hydrogen) atoms. The number of benzene rings is 1. The van der Waals surface area contributed by atoms with Crippen LogP contribution in [0, 0.1) is 6.92 Å². The van der Waals surface area contributed by atoms with E-state index in [0.717, 1.165) is 5.75 Å². The molecule has 0 saturated heterocycles. The maximum absolute atomic E-state index is 12.1. The molecule has 1 N–H and O–H groups in total. The third-order valence-electron chi connectivity index (χ3n) is 3.06. The van der Waals surface area contributed by atoms with Crippen molar-refractivity contribution in [1.82, 2.24) is 10.2 Å². The van der Waals surface area contributed by atoms with Crippen LogP contribution in [0.1, 0.15) is 25.0 Å². The topological polar surface area (TPSA) is 49.4 Å². The highest BCUT2D eigenvalue weighted by molar-refractivity contribution is 7.99. The highest BCUT2D eigenvalue weighted by Gasteiger charge is 2.14. The molecular formula is C16H24N2O2S. The molecule has 0 saturated carbocycles. The quantitative estimate of drug-likeness (QED) is 0.801. The molecule has 0 bridgehead atoms. The van der Waals surface area contributed by atoms with Crippen molar-refractivity contribution in [3.8, 4) is 0 Å². The first-order chi connectivity index (χ1) is 10.1. The number of hydrogen-bond donors (Lipinski definition) is 1. The van der Waals surface area contributed by atoms with Crippen LogP contribution in [0.5, 0.6) is 0 Å². The number of nitrogens with zero attached hydrogens (tertiary/aromatic N) is 1. The Morgan fingerprint density at radius 2 is 1.86 bits per heavy atom. The lowest BCUT2D eigenvalue weighted by atomic mass is 10.2. The Labute approximate surface area is 131 Å². The lowest BCUT2D eigenvalue weighted by Crippen LogP contribution is -2.41. The number of aryl methyl sites for hydroxylation is 1. The predicted octanol–water partition coefficient (Wildman–Crippen LogP) is 2.21. The summed E-state index contributed by atoms with van der Waals surface area (Å²) < 4.78 is 0. The molecule has 0 spiro atoms. The second-order valence-corrected chi connectivity index (χ2v) is 5.83. The van der Waals surface area contributed by atoms with E-state index in [9.17, 15) is 9.59 Å². The van der Waals surface area contributed by atoms with Crippen LogP contribution in [0.4, 0.5) is 0 Å². The Morgan fingerprint density at radius 1 is 1.19 bits per heavy atom. The van der Waals surface area contributed by atoms with Gasteiger partial charge in [-0.3, -0.25) is 9.59 Å². The fraction of sp³-hybridized carbons (Fsp3) is 0.500. The molecule has 0 radical (unpaired) electrons. The molecule has 1 aromatic rings. The monoisotopic (exact) mass is 308 g/mol. The molecule has 0 heterocycles. The molecule has 1 aromatic carbocycles. The number of amides is 2. The molecule has 116 valence electrons.